The van der Waals surface area contributed by atoms with Gasteiger partial charge in [-0.15, -0.1) is 6.58 Å². The summed E-state index contributed by atoms with van der Waals surface area (Å²) in [4.78, 5) is 2.51. The van der Waals surface area contributed by atoms with Crippen LogP contribution in [0.1, 0.15) is 33.6 Å². The van der Waals surface area contributed by atoms with E-state index in [2.05, 4.69) is 32.3 Å². The van der Waals surface area contributed by atoms with Gasteiger partial charge in [0.2, 0.25) is 0 Å². The third kappa shape index (κ3) is 4.35. The Morgan fingerprint density at radius 3 is 2.47 bits per heavy atom. The van der Waals surface area contributed by atoms with Gasteiger partial charge in [0.25, 0.3) is 0 Å². The SMILES string of the molecule is C=CCOC1(C)CCN(C[C](C)C)CC1. The van der Waals surface area contributed by atoms with Gasteiger partial charge in [-0.05, 0) is 25.7 Å². The van der Waals surface area contributed by atoms with Crippen LogP contribution in [0.2, 0.25) is 0 Å². The lowest BCUT2D eigenvalue weighted by atomic mass is 9.93. The Labute approximate surface area is 94.3 Å². The molecule has 0 N–H and O–H groups in total. The Morgan fingerprint density at radius 2 is 2.00 bits per heavy atom. The van der Waals surface area contributed by atoms with Crippen molar-refractivity contribution < 1.29 is 4.74 Å². The molecule has 0 aromatic heterocycles. The van der Waals surface area contributed by atoms with Gasteiger partial charge in [0.05, 0.1) is 12.2 Å². The highest BCUT2D eigenvalue weighted by Gasteiger charge is 2.30. The zero-order valence-corrected chi connectivity index (χ0v) is 10.4. The molecule has 1 aliphatic rings. The van der Waals surface area contributed by atoms with Crippen LogP contribution in [0.4, 0.5) is 0 Å². The molecule has 1 heterocycles. The Hall–Kier alpha value is -0.340. The Bertz CT molecular complexity index is 193. The zero-order chi connectivity index (χ0) is 11.3. The molecule has 0 aromatic carbocycles. The second-order valence-electron chi connectivity index (χ2n) is 5.03. The topological polar surface area (TPSA) is 12.5 Å². The average Bonchev–Trinajstić information content (AvgIpc) is 2.19. The van der Waals surface area contributed by atoms with Crippen molar-refractivity contribution in [2.45, 2.75) is 39.2 Å². The molecule has 0 amide bonds. The molecule has 0 atom stereocenters. The van der Waals surface area contributed by atoms with Gasteiger partial charge < -0.3 is 9.64 Å². The van der Waals surface area contributed by atoms with E-state index in [0.717, 1.165) is 32.5 Å². The Balaban J connectivity index is 2.30. The van der Waals surface area contributed by atoms with E-state index in [1.54, 1.807) is 0 Å². The van der Waals surface area contributed by atoms with Gasteiger partial charge in [0, 0.05) is 19.6 Å². The highest BCUT2D eigenvalue weighted by atomic mass is 16.5. The minimum absolute atomic E-state index is 0.0757. The number of hydrogen-bond acceptors (Lipinski definition) is 2. The summed E-state index contributed by atoms with van der Waals surface area (Å²) in [5, 5.41) is 0. The lowest BCUT2D eigenvalue weighted by Gasteiger charge is -2.39. The van der Waals surface area contributed by atoms with Gasteiger partial charge in [-0.25, -0.2) is 0 Å². The van der Waals surface area contributed by atoms with Crippen LogP contribution in [0.15, 0.2) is 12.7 Å². The molecule has 0 bridgehead atoms. The molecule has 2 heteroatoms. The number of rotatable bonds is 5. The van der Waals surface area contributed by atoms with E-state index in [9.17, 15) is 0 Å². The lowest BCUT2D eigenvalue weighted by Crippen LogP contribution is -2.45. The van der Waals surface area contributed by atoms with E-state index in [1.807, 2.05) is 6.08 Å². The Kier molecular flexibility index (Phi) is 4.81. The number of ether oxygens (including phenoxy) is 1. The highest BCUT2D eigenvalue weighted by Crippen LogP contribution is 2.26. The van der Waals surface area contributed by atoms with E-state index < -0.39 is 0 Å². The van der Waals surface area contributed by atoms with Crippen molar-refractivity contribution in [2.75, 3.05) is 26.2 Å². The maximum atomic E-state index is 5.82. The summed E-state index contributed by atoms with van der Waals surface area (Å²) in [5.74, 6) is 1.49. The van der Waals surface area contributed by atoms with Crippen molar-refractivity contribution in [2.24, 2.45) is 0 Å². The van der Waals surface area contributed by atoms with Crippen molar-refractivity contribution in [1.82, 2.24) is 4.90 Å². The first kappa shape index (κ1) is 12.7. The van der Waals surface area contributed by atoms with Gasteiger partial charge in [-0.1, -0.05) is 19.9 Å². The first-order valence-corrected chi connectivity index (χ1v) is 5.82. The summed E-state index contributed by atoms with van der Waals surface area (Å²) in [6, 6.07) is 0. The van der Waals surface area contributed by atoms with E-state index in [4.69, 9.17) is 4.74 Å². The third-order valence-electron chi connectivity index (χ3n) is 3.00. The van der Waals surface area contributed by atoms with Crippen LogP contribution in [-0.2, 0) is 4.74 Å². The molecular formula is C13H24NO. The Morgan fingerprint density at radius 1 is 1.40 bits per heavy atom. The summed E-state index contributed by atoms with van der Waals surface area (Å²) in [6.45, 7) is 14.4. The predicted octanol–water partition coefficient (Wildman–Crippen LogP) is 2.66. The first-order valence-electron chi connectivity index (χ1n) is 5.82. The van der Waals surface area contributed by atoms with Crippen LogP contribution >= 0.6 is 0 Å². The molecule has 1 radical (unpaired) electrons. The lowest BCUT2D eigenvalue weighted by molar-refractivity contribution is -0.0584. The van der Waals surface area contributed by atoms with Gasteiger partial charge in [0.15, 0.2) is 0 Å². The van der Waals surface area contributed by atoms with Crippen LogP contribution in [-0.4, -0.2) is 36.7 Å². The largest absolute Gasteiger partial charge is 0.371 e. The second-order valence-corrected chi connectivity index (χ2v) is 5.03. The van der Waals surface area contributed by atoms with E-state index in [0.29, 0.717) is 6.61 Å². The van der Waals surface area contributed by atoms with Crippen LogP contribution in [0.3, 0.4) is 0 Å². The summed E-state index contributed by atoms with van der Waals surface area (Å²) >= 11 is 0. The first-order chi connectivity index (χ1) is 7.06. The van der Waals surface area contributed by atoms with Crippen LogP contribution < -0.4 is 0 Å². The van der Waals surface area contributed by atoms with Crippen LogP contribution in [0.25, 0.3) is 0 Å². The zero-order valence-electron chi connectivity index (χ0n) is 10.4. The number of piperidine rings is 1. The fourth-order valence-electron chi connectivity index (χ4n) is 2.04. The number of hydrogen-bond donors (Lipinski definition) is 0. The maximum Gasteiger partial charge on any atom is 0.0683 e. The summed E-state index contributed by atoms with van der Waals surface area (Å²) < 4.78 is 5.82. The molecule has 15 heavy (non-hydrogen) atoms. The molecule has 1 rings (SSSR count). The fourth-order valence-corrected chi connectivity index (χ4v) is 2.04. The molecule has 1 fully saturated rings. The van der Waals surface area contributed by atoms with Crippen LogP contribution in [0, 0.1) is 5.92 Å². The minimum atomic E-state index is 0.0757. The summed E-state index contributed by atoms with van der Waals surface area (Å²) in [6.07, 6.45) is 4.10. The third-order valence-corrected chi connectivity index (χ3v) is 3.00. The average molecular weight is 210 g/mol. The molecule has 0 unspecified atom stereocenters. The van der Waals surface area contributed by atoms with E-state index in [1.165, 1.54) is 5.92 Å². The number of nitrogens with zero attached hydrogens (tertiary/aromatic N) is 1. The number of likely N-dealkylation sites (tertiary alicyclic amines) is 1. The van der Waals surface area contributed by atoms with E-state index in [-0.39, 0.29) is 5.60 Å². The van der Waals surface area contributed by atoms with Gasteiger partial charge in [-0.3, -0.25) is 0 Å². The predicted molar refractivity (Wildman–Crippen MR) is 64.8 cm³/mol. The molecule has 0 saturated carbocycles. The molecule has 1 saturated heterocycles. The van der Waals surface area contributed by atoms with E-state index >= 15 is 0 Å². The molecule has 1 aliphatic heterocycles. The fraction of sp³-hybridized carbons (Fsp3) is 0.769. The monoisotopic (exact) mass is 210 g/mol. The van der Waals surface area contributed by atoms with Gasteiger partial charge >= 0.3 is 0 Å². The van der Waals surface area contributed by atoms with Crippen molar-refractivity contribution >= 4 is 0 Å². The maximum absolute atomic E-state index is 5.82. The van der Waals surface area contributed by atoms with Crippen molar-refractivity contribution in [3.8, 4) is 0 Å². The van der Waals surface area contributed by atoms with Crippen LogP contribution in [0.5, 0.6) is 0 Å². The summed E-state index contributed by atoms with van der Waals surface area (Å²) in [5.41, 5.74) is 0.0757. The van der Waals surface area contributed by atoms with Crippen molar-refractivity contribution in [3.63, 3.8) is 0 Å². The van der Waals surface area contributed by atoms with Crippen molar-refractivity contribution in [3.05, 3.63) is 18.6 Å². The molecule has 2 nitrogen and oxygen atoms in total. The molecule has 0 aromatic rings. The molecule has 87 valence electrons. The standard InChI is InChI=1S/C13H24NO/c1-5-10-15-13(4)6-8-14(9-7-13)11-12(2)3/h5H,1,6-11H2,2-4H3. The molecular weight excluding hydrogens is 186 g/mol. The minimum Gasteiger partial charge on any atom is -0.371 e. The second kappa shape index (κ2) is 5.66. The van der Waals surface area contributed by atoms with Crippen molar-refractivity contribution in [1.29, 1.82) is 0 Å². The van der Waals surface area contributed by atoms with Gasteiger partial charge in [-0.2, -0.15) is 0 Å². The quantitative estimate of drug-likeness (QED) is 0.647. The summed E-state index contributed by atoms with van der Waals surface area (Å²) in [7, 11) is 0. The normalized spacial score (nSPS) is 21.9. The molecule has 0 spiro atoms. The highest BCUT2D eigenvalue weighted by molar-refractivity contribution is 4.89. The molecule has 0 aliphatic carbocycles. The van der Waals surface area contributed by atoms with Gasteiger partial charge in [0.1, 0.15) is 0 Å². The smallest absolute Gasteiger partial charge is 0.0683 e.